The van der Waals surface area contributed by atoms with Gasteiger partial charge in [-0.15, -0.1) is 0 Å². The van der Waals surface area contributed by atoms with E-state index in [2.05, 4.69) is 15.7 Å². The van der Waals surface area contributed by atoms with Crippen LogP contribution < -0.4 is 10.6 Å². The Morgan fingerprint density at radius 1 is 1.39 bits per heavy atom. The van der Waals surface area contributed by atoms with E-state index in [4.69, 9.17) is 21.5 Å². The Kier molecular flexibility index (Phi) is 7.98. The first-order valence-electron chi connectivity index (χ1n) is 8.96. The number of aliphatic hydroxyl groups is 1. The SMILES string of the molecule is CC(=O)O.O=C(CCn1cc(Cl)cn1)N[C@@]1(c2ccccc2)CCNC[C@H]1O. The number of aromatic nitrogens is 2. The van der Waals surface area contributed by atoms with Gasteiger partial charge >= 0.3 is 0 Å². The average Bonchev–Trinajstić information content (AvgIpc) is 3.08. The highest BCUT2D eigenvalue weighted by Gasteiger charge is 2.42. The maximum absolute atomic E-state index is 12.5. The number of nitrogens with zero attached hydrogens (tertiary/aromatic N) is 2. The zero-order chi connectivity index (χ0) is 20.6. The molecule has 2 atom stereocenters. The third-order valence-corrected chi connectivity index (χ3v) is 4.62. The lowest BCUT2D eigenvalue weighted by atomic mass is 9.79. The van der Waals surface area contributed by atoms with Crippen molar-refractivity contribution in [1.82, 2.24) is 20.4 Å². The van der Waals surface area contributed by atoms with Crippen LogP contribution in [0.4, 0.5) is 0 Å². The van der Waals surface area contributed by atoms with Crippen molar-refractivity contribution in [3.63, 3.8) is 0 Å². The van der Waals surface area contributed by atoms with E-state index in [0.717, 1.165) is 19.0 Å². The third-order valence-electron chi connectivity index (χ3n) is 4.42. The minimum absolute atomic E-state index is 0.119. The summed E-state index contributed by atoms with van der Waals surface area (Å²) in [7, 11) is 0. The fraction of sp³-hybridized carbons (Fsp3) is 0.421. The second-order valence-corrected chi connectivity index (χ2v) is 6.98. The number of piperidine rings is 1. The molecule has 0 unspecified atom stereocenters. The smallest absolute Gasteiger partial charge is 0.300 e. The number of carbonyl (C=O) groups excluding carboxylic acids is 1. The molecule has 9 heteroatoms. The van der Waals surface area contributed by atoms with E-state index in [9.17, 15) is 9.90 Å². The lowest BCUT2D eigenvalue weighted by Gasteiger charge is -2.43. The van der Waals surface area contributed by atoms with Gasteiger partial charge in [0.1, 0.15) is 0 Å². The van der Waals surface area contributed by atoms with Crippen molar-refractivity contribution < 1.29 is 19.8 Å². The molecule has 1 aromatic heterocycles. The molecule has 0 saturated carbocycles. The van der Waals surface area contributed by atoms with Crippen LogP contribution in [0.15, 0.2) is 42.7 Å². The van der Waals surface area contributed by atoms with Crippen molar-refractivity contribution in [2.75, 3.05) is 13.1 Å². The van der Waals surface area contributed by atoms with Crippen LogP contribution >= 0.6 is 11.6 Å². The van der Waals surface area contributed by atoms with Crippen molar-refractivity contribution in [3.8, 4) is 0 Å². The molecule has 0 aliphatic carbocycles. The summed E-state index contributed by atoms with van der Waals surface area (Å²) in [5.74, 6) is -0.952. The van der Waals surface area contributed by atoms with Crippen molar-refractivity contribution >= 4 is 23.5 Å². The second kappa shape index (κ2) is 10.2. The minimum atomic E-state index is -0.833. The van der Waals surface area contributed by atoms with Crippen LogP contribution in [0.1, 0.15) is 25.3 Å². The summed E-state index contributed by atoms with van der Waals surface area (Å²) in [4.78, 5) is 21.5. The number of amides is 1. The van der Waals surface area contributed by atoms with E-state index >= 15 is 0 Å². The number of hydrogen-bond donors (Lipinski definition) is 4. The van der Waals surface area contributed by atoms with Crippen molar-refractivity contribution in [3.05, 3.63) is 53.3 Å². The molecule has 1 amide bonds. The fourth-order valence-electron chi connectivity index (χ4n) is 3.14. The number of β-amino-alcohol motifs (C(OH)–C–C–N with tert-alkyl or cyclic N) is 1. The molecule has 0 bridgehead atoms. The molecule has 0 radical (unpaired) electrons. The van der Waals surface area contributed by atoms with Gasteiger partial charge < -0.3 is 20.8 Å². The fourth-order valence-corrected chi connectivity index (χ4v) is 3.30. The van der Waals surface area contributed by atoms with E-state index in [1.165, 1.54) is 0 Å². The molecule has 2 aromatic rings. The second-order valence-electron chi connectivity index (χ2n) is 6.55. The number of aliphatic hydroxyl groups excluding tert-OH is 1. The number of benzene rings is 1. The van der Waals surface area contributed by atoms with Gasteiger partial charge in [0.2, 0.25) is 5.91 Å². The van der Waals surface area contributed by atoms with Crippen LogP contribution in [-0.2, 0) is 21.7 Å². The zero-order valence-corrected chi connectivity index (χ0v) is 16.4. The molecule has 1 saturated heterocycles. The Bertz CT molecular complexity index is 779. The predicted molar refractivity (Wildman–Crippen MR) is 105 cm³/mol. The zero-order valence-electron chi connectivity index (χ0n) is 15.6. The summed E-state index contributed by atoms with van der Waals surface area (Å²) < 4.78 is 1.63. The number of aliphatic carboxylic acids is 1. The van der Waals surface area contributed by atoms with Gasteiger partial charge in [-0.1, -0.05) is 41.9 Å². The Morgan fingerprint density at radius 2 is 2.07 bits per heavy atom. The van der Waals surface area contributed by atoms with Gasteiger partial charge in [0.05, 0.1) is 22.9 Å². The highest BCUT2D eigenvalue weighted by Crippen LogP contribution is 2.31. The summed E-state index contributed by atoms with van der Waals surface area (Å²) in [6.07, 6.45) is 3.45. The van der Waals surface area contributed by atoms with Crippen LogP contribution in [0.25, 0.3) is 0 Å². The third kappa shape index (κ3) is 6.05. The normalized spacial score (nSPS) is 21.3. The van der Waals surface area contributed by atoms with Gasteiger partial charge in [0.15, 0.2) is 0 Å². The van der Waals surface area contributed by atoms with Crippen molar-refractivity contribution in [2.45, 2.75) is 38.0 Å². The molecule has 1 aliphatic rings. The van der Waals surface area contributed by atoms with E-state index in [0.29, 0.717) is 24.5 Å². The van der Waals surface area contributed by atoms with Crippen molar-refractivity contribution in [2.24, 2.45) is 0 Å². The Labute approximate surface area is 168 Å². The molecular formula is C19H25ClN4O4. The topological polar surface area (TPSA) is 116 Å². The predicted octanol–water partition coefficient (Wildman–Crippen LogP) is 1.38. The summed E-state index contributed by atoms with van der Waals surface area (Å²) in [6.45, 7) is 2.71. The minimum Gasteiger partial charge on any atom is -0.481 e. The highest BCUT2D eigenvalue weighted by atomic mass is 35.5. The van der Waals surface area contributed by atoms with E-state index in [-0.39, 0.29) is 12.3 Å². The number of nitrogens with one attached hydrogen (secondary N) is 2. The number of carboxylic acid groups (broad SMARTS) is 1. The molecule has 28 heavy (non-hydrogen) atoms. The quantitative estimate of drug-likeness (QED) is 0.594. The molecule has 1 aromatic carbocycles. The number of halogens is 1. The van der Waals surface area contributed by atoms with Crippen LogP contribution in [0.5, 0.6) is 0 Å². The molecule has 4 N–H and O–H groups in total. The van der Waals surface area contributed by atoms with Gasteiger partial charge in [-0.25, -0.2) is 0 Å². The summed E-state index contributed by atoms with van der Waals surface area (Å²) in [5, 5.41) is 28.9. The van der Waals surface area contributed by atoms with Crippen LogP contribution in [0.2, 0.25) is 5.02 Å². The first-order valence-corrected chi connectivity index (χ1v) is 9.34. The molecule has 1 fully saturated rings. The first kappa shape index (κ1) is 21.9. The van der Waals surface area contributed by atoms with Crippen molar-refractivity contribution in [1.29, 1.82) is 0 Å². The van der Waals surface area contributed by atoms with E-state index in [1.54, 1.807) is 17.1 Å². The van der Waals surface area contributed by atoms with E-state index in [1.807, 2.05) is 30.3 Å². The van der Waals surface area contributed by atoms with Gasteiger partial charge in [0.25, 0.3) is 5.97 Å². The summed E-state index contributed by atoms with van der Waals surface area (Å²) in [6, 6.07) is 9.66. The first-order chi connectivity index (χ1) is 13.3. The molecule has 0 spiro atoms. The Morgan fingerprint density at radius 3 is 2.64 bits per heavy atom. The maximum atomic E-state index is 12.5. The largest absolute Gasteiger partial charge is 0.481 e. The molecule has 8 nitrogen and oxygen atoms in total. The molecule has 1 aliphatic heterocycles. The monoisotopic (exact) mass is 408 g/mol. The molecule has 152 valence electrons. The number of aryl methyl sites for hydroxylation is 1. The maximum Gasteiger partial charge on any atom is 0.300 e. The highest BCUT2D eigenvalue weighted by molar-refractivity contribution is 6.30. The van der Waals surface area contributed by atoms with Gasteiger partial charge in [-0.05, 0) is 18.5 Å². The lowest BCUT2D eigenvalue weighted by Crippen LogP contribution is -2.61. The van der Waals surface area contributed by atoms with Crippen LogP contribution in [0.3, 0.4) is 0 Å². The Hall–Kier alpha value is -2.42. The number of carbonyl (C=O) groups is 2. The van der Waals surface area contributed by atoms with Gasteiger partial charge in [-0.3, -0.25) is 14.3 Å². The number of carboxylic acids is 1. The molecule has 3 rings (SSSR count). The summed E-state index contributed by atoms with van der Waals surface area (Å²) >= 11 is 5.83. The van der Waals surface area contributed by atoms with Gasteiger partial charge in [0, 0.05) is 32.6 Å². The Balaban J connectivity index is 0.000000640. The van der Waals surface area contributed by atoms with E-state index < -0.39 is 17.6 Å². The van der Waals surface area contributed by atoms with Crippen LogP contribution in [0, 0.1) is 0 Å². The number of rotatable bonds is 5. The standard InChI is InChI=1S/C17H21ClN4O2.C2H4O2/c18-14-10-20-22(12-14)9-6-16(24)21-17(7-8-19-11-15(17)23)13-4-2-1-3-5-13;1-2(3)4/h1-5,10,12,15,19,23H,6-9,11H2,(H,21,24);1H3,(H,3,4)/t15-,17-;/m1./s1. The summed E-state index contributed by atoms with van der Waals surface area (Å²) in [5.41, 5.74) is 0.167. The lowest BCUT2D eigenvalue weighted by molar-refractivity contribution is -0.134. The van der Waals surface area contributed by atoms with Gasteiger partial charge in [-0.2, -0.15) is 5.10 Å². The molecule has 2 heterocycles. The number of hydrogen-bond acceptors (Lipinski definition) is 5. The van der Waals surface area contributed by atoms with Crippen LogP contribution in [-0.4, -0.2) is 51.1 Å². The average molecular weight is 409 g/mol. The molecular weight excluding hydrogens is 384 g/mol.